The molecule has 3 aliphatic heterocycles. The molecule has 0 aliphatic carbocycles. The van der Waals surface area contributed by atoms with Gasteiger partial charge in [-0.25, -0.2) is 4.98 Å². The fourth-order valence-corrected chi connectivity index (χ4v) is 5.55. The molecule has 26 heavy (non-hydrogen) atoms. The first-order valence-electron chi connectivity index (χ1n) is 9.31. The first-order chi connectivity index (χ1) is 12.7. The average molecular weight is 378 g/mol. The second kappa shape index (κ2) is 7.74. The molecule has 1 unspecified atom stereocenters. The van der Waals surface area contributed by atoms with Crippen LogP contribution in [0.15, 0.2) is 18.3 Å². The lowest BCUT2D eigenvalue weighted by molar-refractivity contribution is -0.0118. The molecule has 4 heterocycles. The number of carbonyl (C=O) groups excluding carboxylic acids is 1. The van der Waals surface area contributed by atoms with Crippen LogP contribution in [0.5, 0.6) is 5.88 Å². The number of amides is 1. The number of hydrogen-bond donors (Lipinski definition) is 0. The highest BCUT2D eigenvalue weighted by atomic mass is 32.2. The second-order valence-electron chi connectivity index (χ2n) is 7.43. The Bertz CT molecular complexity index is 644. The molecule has 4 rings (SSSR count). The summed E-state index contributed by atoms with van der Waals surface area (Å²) >= 11 is 1.96. The second-order valence-corrected chi connectivity index (χ2v) is 8.92. The Kier molecular flexibility index (Phi) is 5.38. The maximum Gasteiger partial charge on any atom is 0.259 e. The van der Waals surface area contributed by atoms with Gasteiger partial charge in [-0.05, 0) is 37.3 Å². The number of ether oxygens (including phenoxy) is 3. The van der Waals surface area contributed by atoms with Gasteiger partial charge in [0.05, 0.1) is 18.0 Å². The zero-order valence-corrected chi connectivity index (χ0v) is 16.0. The predicted octanol–water partition coefficient (Wildman–Crippen LogP) is 2.23. The van der Waals surface area contributed by atoms with E-state index in [0.29, 0.717) is 23.5 Å². The van der Waals surface area contributed by atoms with Crippen molar-refractivity contribution in [2.75, 3.05) is 45.8 Å². The molecule has 0 radical (unpaired) electrons. The Hall–Kier alpha value is -1.31. The fraction of sp³-hybridized carbons (Fsp3) is 0.684. The van der Waals surface area contributed by atoms with E-state index in [0.717, 1.165) is 57.9 Å². The van der Waals surface area contributed by atoms with Gasteiger partial charge in [-0.3, -0.25) is 4.79 Å². The molecule has 3 aliphatic rings. The van der Waals surface area contributed by atoms with E-state index in [2.05, 4.69) is 4.98 Å². The van der Waals surface area contributed by atoms with Gasteiger partial charge in [0, 0.05) is 44.9 Å². The molecule has 1 aromatic rings. The first kappa shape index (κ1) is 18.1. The van der Waals surface area contributed by atoms with Gasteiger partial charge in [0.2, 0.25) is 5.88 Å². The molecule has 3 fully saturated rings. The SMILES string of the molecule is COc1ncccc1C(=O)N1CC2(CC(OCC3CCOCC3)CS2)C1. The summed E-state index contributed by atoms with van der Waals surface area (Å²) in [4.78, 5) is 18.7. The molecule has 1 atom stereocenters. The van der Waals surface area contributed by atoms with Crippen LogP contribution in [0.3, 0.4) is 0 Å². The summed E-state index contributed by atoms with van der Waals surface area (Å²) in [5.74, 6) is 2.08. The van der Waals surface area contributed by atoms with Crippen molar-refractivity contribution in [2.24, 2.45) is 5.92 Å². The first-order valence-corrected chi connectivity index (χ1v) is 10.3. The van der Waals surface area contributed by atoms with Crippen LogP contribution in [-0.2, 0) is 9.47 Å². The minimum Gasteiger partial charge on any atom is -0.480 e. The normalized spacial score (nSPS) is 25.3. The predicted molar refractivity (Wildman–Crippen MR) is 99.8 cm³/mol. The number of hydrogen-bond acceptors (Lipinski definition) is 6. The van der Waals surface area contributed by atoms with Crippen LogP contribution in [0.2, 0.25) is 0 Å². The summed E-state index contributed by atoms with van der Waals surface area (Å²) in [6, 6.07) is 3.55. The maximum absolute atomic E-state index is 12.7. The number of thioether (sulfide) groups is 1. The van der Waals surface area contributed by atoms with Crippen LogP contribution in [0.25, 0.3) is 0 Å². The molecule has 7 heteroatoms. The molecule has 1 aromatic heterocycles. The summed E-state index contributed by atoms with van der Waals surface area (Å²) < 4.78 is 17.0. The van der Waals surface area contributed by atoms with Crippen LogP contribution in [0, 0.1) is 5.92 Å². The van der Waals surface area contributed by atoms with Crippen LogP contribution in [0.4, 0.5) is 0 Å². The van der Waals surface area contributed by atoms with E-state index < -0.39 is 0 Å². The summed E-state index contributed by atoms with van der Waals surface area (Å²) in [5, 5.41) is 0. The topological polar surface area (TPSA) is 60.9 Å². The standard InChI is InChI=1S/C19H26N2O4S/c1-23-17-16(3-2-6-20-17)18(22)21-12-19(13-21)9-15(11-26-19)25-10-14-4-7-24-8-5-14/h2-3,6,14-15H,4-5,7-13H2,1H3. The van der Waals surface area contributed by atoms with Crippen LogP contribution in [-0.4, -0.2) is 72.4 Å². The van der Waals surface area contributed by atoms with E-state index in [1.807, 2.05) is 16.7 Å². The lowest BCUT2D eigenvalue weighted by atomic mass is 9.92. The zero-order valence-electron chi connectivity index (χ0n) is 15.2. The van der Waals surface area contributed by atoms with Crippen molar-refractivity contribution in [2.45, 2.75) is 30.1 Å². The Labute approximate surface area is 158 Å². The highest BCUT2D eigenvalue weighted by Gasteiger charge is 2.51. The van der Waals surface area contributed by atoms with Crippen LogP contribution < -0.4 is 4.74 Å². The molecule has 0 saturated carbocycles. The minimum atomic E-state index is 0.00717. The Balaban J connectivity index is 1.27. The lowest BCUT2D eigenvalue weighted by Crippen LogP contribution is -2.60. The van der Waals surface area contributed by atoms with Crippen molar-refractivity contribution < 1.29 is 19.0 Å². The largest absolute Gasteiger partial charge is 0.480 e. The molecular weight excluding hydrogens is 352 g/mol. The average Bonchev–Trinajstić information content (AvgIpc) is 3.10. The van der Waals surface area contributed by atoms with Crippen molar-refractivity contribution >= 4 is 17.7 Å². The number of pyridine rings is 1. The zero-order chi connectivity index (χ0) is 18.0. The number of aromatic nitrogens is 1. The number of carbonyl (C=O) groups is 1. The summed E-state index contributed by atoms with van der Waals surface area (Å²) in [7, 11) is 1.55. The summed E-state index contributed by atoms with van der Waals surface area (Å²) in [6.45, 7) is 4.15. The molecule has 6 nitrogen and oxygen atoms in total. The Morgan fingerprint density at radius 2 is 2.23 bits per heavy atom. The van der Waals surface area contributed by atoms with Gasteiger partial charge in [0.1, 0.15) is 5.56 Å². The molecule has 0 N–H and O–H groups in total. The summed E-state index contributed by atoms with van der Waals surface area (Å²) in [5.41, 5.74) is 0.542. The van der Waals surface area contributed by atoms with Crippen molar-refractivity contribution in [3.63, 3.8) is 0 Å². The molecule has 3 saturated heterocycles. The highest BCUT2D eigenvalue weighted by molar-refractivity contribution is 8.01. The van der Waals surface area contributed by atoms with Gasteiger partial charge in [0.15, 0.2) is 0 Å². The minimum absolute atomic E-state index is 0.00717. The van der Waals surface area contributed by atoms with Gasteiger partial charge < -0.3 is 19.1 Å². The van der Waals surface area contributed by atoms with E-state index in [9.17, 15) is 4.79 Å². The highest BCUT2D eigenvalue weighted by Crippen LogP contribution is 2.46. The van der Waals surface area contributed by atoms with Gasteiger partial charge in [-0.15, -0.1) is 11.8 Å². The molecule has 1 amide bonds. The Morgan fingerprint density at radius 1 is 1.42 bits per heavy atom. The molecule has 0 bridgehead atoms. The van der Waals surface area contributed by atoms with E-state index in [-0.39, 0.29) is 10.7 Å². The molecule has 1 spiro atoms. The van der Waals surface area contributed by atoms with Crippen LogP contribution >= 0.6 is 11.8 Å². The number of methoxy groups -OCH3 is 1. The monoisotopic (exact) mass is 378 g/mol. The maximum atomic E-state index is 12.7. The van der Waals surface area contributed by atoms with E-state index in [1.54, 1.807) is 25.4 Å². The van der Waals surface area contributed by atoms with E-state index in [4.69, 9.17) is 14.2 Å². The van der Waals surface area contributed by atoms with Gasteiger partial charge in [-0.1, -0.05) is 0 Å². The quantitative estimate of drug-likeness (QED) is 0.783. The molecule has 142 valence electrons. The lowest BCUT2D eigenvalue weighted by Gasteiger charge is -2.47. The smallest absolute Gasteiger partial charge is 0.259 e. The van der Waals surface area contributed by atoms with Crippen LogP contribution in [0.1, 0.15) is 29.6 Å². The van der Waals surface area contributed by atoms with Gasteiger partial charge >= 0.3 is 0 Å². The van der Waals surface area contributed by atoms with Gasteiger partial charge in [0.25, 0.3) is 5.91 Å². The van der Waals surface area contributed by atoms with E-state index >= 15 is 0 Å². The Morgan fingerprint density at radius 3 is 3.00 bits per heavy atom. The van der Waals surface area contributed by atoms with Crippen molar-refractivity contribution in [3.8, 4) is 5.88 Å². The number of likely N-dealkylation sites (tertiary alicyclic amines) is 1. The van der Waals surface area contributed by atoms with Crippen molar-refractivity contribution in [1.29, 1.82) is 0 Å². The molecule has 0 aromatic carbocycles. The van der Waals surface area contributed by atoms with Crippen molar-refractivity contribution in [1.82, 2.24) is 9.88 Å². The number of rotatable bonds is 5. The van der Waals surface area contributed by atoms with E-state index in [1.165, 1.54) is 0 Å². The third kappa shape index (κ3) is 3.70. The van der Waals surface area contributed by atoms with Crippen molar-refractivity contribution in [3.05, 3.63) is 23.9 Å². The third-order valence-electron chi connectivity index (χ3n) is 5.52. The summed E-state index contributed by atoms with van der Waals surface area (Å²) in [6.07, 6.45) is 5.21. The number of nitrogens with zero attached hydrogens (tertiary/aromatic N) is 2. The van der Waals surface area contributed by atoms with Gasteiger partial charge in [-0.2, -0.15) is 0 Å². The fourth-order valence-electron chi connectivity index (χ4n) is 3.99. The third-order valence-corrected chi connectivity index (χ3v) is 7.10. The molecular formula is C19H26N2O4S.